The van der Waals surface area contributed by atoms with E-state index in [4.69, 9.17) is 5.11 Å². The van der Waals surface area contributed by atoms with Gasteiger partial charge in [0.15, 0.2) is 5.16 Å². The van der Waals surface area contributed by atoms with E-state index in [1.807, 2.05) is 29.6 Å². The Balaban J connectivity index is 1.66. The van der Waals surface area contributed by atoms with E-state index in [0.29, 0.717) is 21.1 Å². The van der Waals surface area contributed by atoms with Gasteiger partial charge in [0.2, 0.25) is 0 Å². The van der Waals surface area contributed by atoms with E-state index in [1.54, 1.807) is 6.07 Å². The second-order valence-corrected chi connectivity index (χ2v) is 7.48. The molecule has 0 saturated heterocycles. The Hall–Kier alpha value is -2.65. The molecule has 0 spiro atoms. The third kappa shape index (κ3) is 3.23. The Morgan fingerprint density at radius 3 is 2.88 bits per heavy atom. The van der Waals surface area contributed by atoms with Crippen molar-refractivity contribution in [2.45, 2.75) is 23.9 Å². The zero-order chi connectivity index (χ0) is 18.1. The third-order valence-corrected chi connectivity index (χ3v) is 5.74. The highest BCUT2D eigenvalue weighted by Gasteiger charge is 2.14. The highest BCUT2D eigenvalue weighted by molar-refractivity contribution is 7.98. The lowest BCUT2D eigenvalue weighted by Crippen LogP contribution is -2.23. The molecule has 132 valence electrons. The monoisotopic (exact) mass is 386 g/mol. The van der Waals surface area contributed by atoms with E-state index in [1.165, 1.54) is 27.7 Å². The number of imidazole rings is 1. The summed E-state index contributed by atoms with van der Waals surface area (Å²) in [6.45, 7) is 0.0947. The zero-order valence-corrected chi connectivity index (χ0v) is 15.1. The molecule has 0 aliphatic rings. The number of benzene rings is 1. The van der Waals surface area contributed by atoms with Crippen LogP contribution < -0.4 is 5.56 Å². The van der Waals surface area contributed by atoms with Crippen LogP contribution in [-0.2, 0) is 17.1 Å². The first-order valence-electron chi connectivity index (χ1n) is 7.88. The number of para-hydroxylation sites is 2. The van der Waals surface area contributed by atoms with Gasteiger partial charge in [-0.3, -0.25) is 14.2 Å². The van der Waals surface area contributed by atoms with Gasteiger partial charge < -0.3 is 10.1 Å². The Morgan fingerprint density at radius 2 is 2.08 bits per heavy atom. The molecule has 0 fully saturated rings. The van der Waals surface area contributed by atoms with E-state index in [-0.39, 0.29) is 18.5 Å². The van der Waals surface area contributed by atoms with Gasteiger partial charge in [-0.05, 0) is 23.6 Å². The van der Waals surface area contributed by atoms with Crippen LogP contribution in [0, 0.1) is 0 Å². The molecule has 2 N–H and O–H groups in total. The summed E-state index contributed by atoms with van der Waals surface area (Å²) in [6, 6.07) is 9.55. The maximum atomic E-state index is 12.7. The van der Waals surface area contributed by atoms with E-state index >= 15 is 0 Å². The van der Waals surface area contributed by atoms with Crippen molar-refractivity contribution in [1.29, 1.82) is 0 Å². The molecule has 26 heavy (non-hydrogen) atoms. The summed E-state index contributed by atoms with van der Waals surface area (Å²) in [6.07, 6.45) is -0.128. The third-order valence-electron chi connectivity index (χ3n) is 3.86. The van der Waals surface area contributed by atoms with Crippen LogP contribution >= 0.6 is 23.1 Å². The van der Waals surface area contributed by atoms with Crippen molar-refractivity contribution in [2.24, 2.45) is 0 Å². The van der Waals surface area contributed by atoms with Crippen LogP contribution in [0.2, 0.25) is 0 Å². The topological polar surface area (TPSA) is 101 Å². The standard InChI is InChI=1S/C17H14N4O3S2/c22-14(23)5-7-21-16(24)15-12(6-8-25-15)20-17(21)26-9-13-18-10-3-1-2-4-11(10)19-13/h1-4,6,8H,5,7,9H2,(H,18,19)(H,22,23). The number of nitrogens with zero attached hydrogens (tertiary/aromatic N) is 3. The van der Waals surface area contributed by atoms with Gasteiger partial charge in [-0.2, -0.15) is 0 Å². The number of rotatable bonds is 6. The molecule has 3 heterocycles. The highest BCUT2D eigenvalue weighted by atomic mass is 32.2. The normalized spacial score (nSPS) is 11.4. The fourth-order valence-electron chi connectivity index (χ4n) is 2.65. The number of aromatic nitrogens is 4. The van der Waals surface area contributed by atoms with Gasteiger partial charge >= 0.3 is 5.97 Å². The molecule has 0 amide bonds. The largest absolute Gasteiger partial charge is 0.481 e. The van der Waals surface area contributed by atoms with Crippen LogP contribution in [0.4, 0.5) is 0 Å². The molecular weight excluding hydrogens is 372 g/mol. The molecule has 4 rings (SSSR count). The lowest BCUT2D eigenvalue weighted by Gasteiger charge is -2.10. The minimum Gasteiger partial charge on any atom is -0.481 e. The van der Waals surface area contributed by atoms with Crippen molar-refractivity contribution in [1.82, 2.24) is 19.5 Å². The van der Waals surface area contributed by atoms with Gasteiger partial charge in [-0.25, -0.2) is 9.97 Å². The van der Waals surface area contributed by atoms with E-state index in [0.717, 1.165) is 16.9 Å². The molecule has 0 aliphatic carbocycles. The van der Waals surface area contributed by atoms with Crippen LogP contribution in [0.5, 0.6) is 0 Å². The number of carbonyl (C=O) groups is 1. The number of aromatic amines is 1. The molecule has 0 radical (unpaired) electrons. The second kappa shape index (κ2) is 6.93. The minimum atomic E-state index is -0.948. The molecule has 0 saturated carbocycles. The van der Waals surface area contributed by atoms with Crippen molar-refractivity contribution in [3.05, 3.63) is 51.9 Å². The van der Waals surface area contributed by atoms with Crippen molar-refractivity contribution in [3.63, 3.8) is 0 Å². The molecule has 9 heteroatoms. The van der Waals surface area contributed by atoms with Gasteiger partial charge in [-0.1, -0.05) is 23.9 Å². The number of thiophene rings is 1. The van der Waals surface area contributed by atoms with Crippen molar-refractivity contribution >= 4 is 50.3 Å². The van der Waals surface area contributed by atoms with E-state index in [9.17, 15) is 9.59 Å². The molecule has 3 aromatic heterocycles. The summed E-state index contributed by atoms with van der Waals surface area (Å²) in [4.78, 5) is 35.9. The first-order valence-corrected chi connectivity index (χ1v) is 9.74. The van der Waals surface area contributed by atoms with E-state index < -0.39 is 5.97 Å². The maximum absolute atomic E-state index is 12.7. The predicted octanol–water partition coefficient (Wildman–Crippen LogP) is 3.10. The summed E-state index contributed by atoms with van der Waals surface area (Å²) in [5, 5.41) is 11.3. The average molecular weight is 386 g/mol. The Labute approximate surface area is 155 Å². The first kappa shape index (κ1) is 16.8. The SMILES string of the molecule is O=C(O)CCn1c(SCc2nc3ccccc3[nH]2)nc2ccsc2c1=O. The highest BCUT2D eigenvalue weighted by Crippen LogP contribution is 2.24. The molecule has 7 nitrogen and oxygen atoms in total. The summed E-state index contributed by atoms with van der Waals surface area (Å²) in [5.41, 5.74) is 2.28. The predicted molar refractivity (Wildman–Crippen MR) is 102 cm³/mol. The number of nitrogens with one attached hydrogen (secondary N) is 1. The molecule has 0 atom stereocenters. The molecule has 0 unspecified atom stereocenters. The molecule has 4 aromatic rings. The zero-order valence-electron chi connectivity index (χ0n) is 13.5. The van der Waals surface area contributed by atoms with Crippen molar-refractivity contribution in [2.75, 3.05) is 0 Å². The van der Waals surface area contributed by atoms with Gasteiger partial charge in [0, 0.05) is 6.54 Å². The number of carboxylic acids is 1. The number of H-pyrrole nitrogens is 1. The fourth-order valence-corrected chi connectivity index (χ4v) is 4.32. The molecule has 0 bridgehead atoms. The number of carboxylic acid groups (broad SMARTS) is 1. The maximum Gasteiger partial charge on any atom is 0.305 e. The minimum absolute atomic E-state index is 0.0947. The quantitative estimate of drug-likeness (QED) is 0.390. The van der Waals surface area contributed by atoms with Crippen LogP contribution in [0.3, 0.4) is 0 Å². The smallest absolute Gasteiger partial charge is 0.305 e. The molecule has 0 aliphatic heterocycles. The Morgan fingerprint density at radius 1 is 1.23 bits per heavy atom. The van der Waals surface area contributed by atoms with Crippen molar-refractivity contribution < 1.29 is 9.90 Å². The molecule has 1 aromatic carbocycles. The number of fused-ring (bicyclic) bond motifs is 2. The average Bonchev–Trinajstić information content (AvgIpc) is 3.25. The summed E-state index contributed by atoms with van der Waals surface area (Å²) in [5.74, 6) is 0.334. The summed E-state index contributed by atoms with van der Waals surface area (Å²) >= 11 is 2.69. The van der Waals surface area contributed by atoms with Crippen LogP contribution in [0.1, 0.15) is 12.2 Å². The first-order chi connectivity index (χ1) is 12.6. The van der Waals surface area contributed by atoms with Gasteiger partial charge in [0.25, 0.3) is 5.56 Å². The lowest BCUT2D eigenvalue weighted by atomic mass is 10.3. The summed E-state index contributed by atoms with van der Waals surface area (Å²) in [7, 11) is 0. The van der Waals surface area contributed by atoms with Crippen LogP contribution in [-0.4, -0.2) is 30.6 Å². The molecular formula is C17H14N4O3S2. The number of hydrogen-bond acceptors (Lipinski definition) is 6. The lowest BCUT2D eigenvalue weighted by molar-refractivity contribution is -0.137. The van der Waals surface area contributed by atoms with Crippen LogP contribution in [0.15, 0.2) is 45.7 Å². The fraction of sp³-hybridized carbons (Fsp3) is 0.176. The van der Waals surface area contributed by atoms with Gasteiger partial charge in [-0.15, -0.1) is 11.3 Å². The summed E-state index contributed by atoms with van der Waals surface area (Å²) < 4.78 is 1.99. The second-order valence-electron chi connectivity index (χ2n) is 5.62. The van der Waals surface area contributed by atoms with Crippen LogP contribution in [0.25, 0.3) is 21.3 Å². The van der Waals surface area contributed by atoms with Gasteiger partial charge in [0.1, 0.15) is 10.5 Å². The number of thioether (sulfide) groups is 1. The Bertz CT molecular complexity index is 1130. The number of hydrogen-bond donors (Lipinski definition) is 2. The van der Waals surface area contributed by atoms with Gasteiger partial charge in [0.05, 0.1) is 28.7 Å². The Kier molecular flexibility index (Phi) is 4.48. The number of aliphatic carboxylic acids is 1. The van der Waals surface area contributed by atoms with Crippen molar-refractivity contribution in [3.8, 4) is 0 Å². The van der Waals surface area contributed by atoms with E-state index in [2.05, 4.69) is 15.0 Å².